The Labute approximate surface area is 169 Å². The summed E-state index contributed by atoms with van der Waals surface area (Å²) in [5.74, 6) is -0.153. The number of thioether (sulfide) groups is 1. The van der Waals surface area contributed by atoms with Gasteiger partial charge in [0.15, 0.2) is 9.84 Å². The van der Waals surface area contributed by atoms with Crippen LogP contribution in [0.15, 0.2) is 52.3 Å². The van der Waals surface area contributed by atoms with E-state index < -0.39 is 24.4 Å². The molecular weight excluding hydrogens is 426 g/mol. The van der Waals surface area contributed by atoms with Crippen LogP contribution >= 0.6 is 23.4 Å². The summed E-state index contributed by atoms with van der Waals surface area (Å²) >= 11 is 7.32. The van der Waals surface area contributed by atoms with Gasteiger partial charge in [0.25, 0.3) is 0 Å². The predicted octanol–water partition coefficient (Wildman–Crippen LogP) is 4.50. The van der Waals surface area contributed by atoms with E-state index in [2.05, 4.69) is 4.72 Å². The largest absolute Gasteiger partial charge is 0.283 e. The van der Waals surface area contributed by atoms with E-state index in [9.17, 15) is 16.8 Å². The fourth-order valence-electron chi connectivity index (χ4n) is 3.03. The molecule has 0 amide bonds. The van der Waals surface area contributed by atoms with Crippen LogP contribution in [0.4, 0.5) is 5.69 Å². The van der Waals surface area contributed by atoms with Crippen molar-refractivity contribution in [3.63, 3.8) is 0 Å². The average Bonchev–Trinajstić information content (AvgIpc) is 2.92. The Morgan fingerprint density at radius 2 is 1.74 bits per heavy atom. The molecule has 0 spiro atoms. The monoisotopic (exact) mass is 445 g/mol. The summed E-state index contributed by atoms with van der Waals surface area (Å²) in [7, 11) is -7.01. The molecule has 0 bridgehead atoms. The van der Waals surface area contributed by atoms with Crippen molar-refractivity contribution >= 4 is 48.9 Å². The van der Waals surface area contributed by atoms with E-state index in [1.807, 2.05) is 13.0 Å². The van der Waals surface area contributed by atoms with Crippen molar-refractivity contribution in [1.82, 2.24) is 0 Å². The van der Waals surface area contributed by atoms with Crippen molar-refractivity contribution in [3.8, 4) is 0 Å². The van der Waals surface area contributed by atoms with Gasteiger partial charge in [-0.05, 0) is 54.4 Å². The summed E-state index contributed by atoms with van der Waals surface area (Å²) in [6.45, 7) is 3.66. The number of sulfone groups is 1. The van der Waals surface area contributed by atoms with Gasteiger partial charge >= 0.3 is 0 Å². The number of sulfonamides is 1. The van der Waals surface area contributed by atoms with Gasteiger partial charge in [0.1, 0.15) is 4.58 Å². The van der Waals surface area contributed by atoms with Crippen LogP contribution in [0, 0.1) is 0 Å². The Morgan fingerprint density at radius 3 is 2.37 bits per heavy atom. The highest BCUT2D eigenvalue weighted by Crippen LogP contribution is 2.48. The van der Waals surface area contributed by atoms with Crippen molar-refractivity contribution in [2.24, 2.45) is 0 Å². The van der Waals surface area contributed by atoms with E-state index in [1.165, 1.54) is 36.0 Å². The number of nitrogens with one attached hydrogen (secondary N) is 1. The molecule has 1 aliphatic rings. The molecule has 2 unspecified atom stereocenters. The molecule has 0 aromatic heterocycles. The van der Waals surface area contributed by atoms with Gasteiger partial charge in [-0.15, -0.1) is 11.8 Å². The predicted molar refractivity (Wildman–Crippen MR) is 111 cm³/mol. The number of hydrogen-bond donors (Lipinski definition) is 1. The number of fused-ring (bicyclic) bond motifs is 1. The highest BCUT2D eigenvalue weighted by atomic mass is 35.5. The van der Waals surface area contributed by atoms with E-state index in [-0.39, 0.29) is 16.6 Å². The molecule has 1 heterocycles. The molecule has 2 aromatic rings. The van der Waals surface area contributed by atoms with E-state index in [4.69, 9.17) is 11.6 Å². The molecule has 9 heteroatoms. The third-order valence-electron chi connectivity index (χ3n) is 4.37. The average molecular weight is 446 g/mol. The number of rotatable bonds is 6. The van der Waals surface area contributed by atoms with Crippen LogP contribution in [-0.4, -0.2) is 27.2 Å². The zero-order valence-corrected chi connectivity index (χ0v) is 18.1. The number of halogens is 1. The molecule has 2 aromatic carbocycles. The first kappa shape index (κ1) is 20.5. The van der Waals surface area contributed by atoms with Crippen LogP contribution in [0.1, 0.15) is 31.7 Å². The molecule has 0 saturated carbocycles. The minimum atomic E-state index is -3.68. The maximum atomic E-state index is 12.9. The molecule has 3 rings (SSSR count). The van der Waals surface area contributed by atoms with Crippen LogP contribution in [0.2, 0.25) is 5.02 Å². The third kappa shape index (κ3) is 4.29. The first-order valence-corrected chi connectivity index (χ1v) is 12.9. The van der Waals surface area contributed by atoms with Gasteiger partial charge in [-0.3, -0.25) is 4.72 Å². The first-order chi connectivity index (χ1) is 12.6. The number of hydrogen-bond acceptors (Lipinski definition) is 5. The molecule has 5 nitrogen and oxygen atoms in total. The minimum absolute atomic E-state index is 0.0646. The Bertz CT molecular complexity index is 1050. The van der Waals surface area contributed by atoms with Gasteiger partial charge in [-0.25, -0.2) is 16.8 Å². The zero-order chi connectivity index (χ0) is 19.8. The van der Waals surface area contributed by atoms with Crippen molar-refractivity contribution in [3.05, 3.63) is 53.1 Å². The smallest absolute Gasteiger partial charge is 0.245 e. The van der Waals surface area contributed by atoms with E-state index in [0.717, 1.165) is 10.5 Å². The lowest BCUT2D eigenvalue weighted by Gasteiger charge is -2.17. The molecular formula is C18H20ClNO4S3. The lowest BCUT2D eigenvalue weighted by molar-refractivity contribution is 0.592. The molecule has 27 heavy (non-hydrogen) atoms. The van der Waals surface area contributed by atoms with Crippen LogP contribution in [-0.2, 0) is 19.9 Å². The summed E-state index contributed by atoms with van der Waals surface area (Å²) in [6.07, 6.45) is 0.526. The van der Waals surface area contributed by atoms with Crippen LogP contribution in [0.25, 0.3) is 0 Å². The minimum Gasteiger partial charge on any atom is -0.283 e. The number of benzene rings is 2. The van der Waals surface area contributed by atoms with Crippen molar-refractivity contribution < 1.29 is 16.8 Å². The van der Waals surface area contributed by atoms with Gasteiger partial charge in [0, 0.05) is 21.5 Å². The maximum absolute atomic E-state index is 12.9. The molecule has 1 aliphatic heterocycles. The number of anilines is 1. The van der Waals surface area contributed by atoms with Crippen LogP contribution in [0.5, 0.6) is 0 Å². The SMILES string of the molecule is CCCS(=O)(=O)c1ccc(NS(=O)(=O)C2Sc3ccc(Cl)cc3C2C)cc1. The second-order valence-electron chi connectivity index (χ2n) is 6.45. The third-order valence-corrected chi connectivity index (χ3v) is 10.4. The summed E-state index contributed by atoms with van der Waals surface area (Å²) in [5.41, 5.74) is 1.26. The Kier molecular flexibility index (Phi) is 5.82. The van der Waals surface area contributed by atoms with E-state index in [0.29, 0.717) is 17.1 Å². The van der Waals surface area contributed by atoms with Gasteiger partial charge in [-0.2, -0.15) is 0 Å². The van der Waals surface area contributed by atoms with Gasteiger partial charge in [0.05, 0.1) is 10.6 Å². The molecule has 1 N–H and O–H groups in total. The molecule has 0 radical (unpaired) electrons. The summed E-state index contributed by atoms with van der Waals surface area (Å²) in [6, 6.07) is 11.2. The van der Waals surface area contributed by atoms with Crippen molar-refractivity contribution in [1.29, 1.82) is 0 Å². The first-order valence-electron chi connectivity index (χ1n) is 8.44. The standard InChI is InChI=1S/C18H20ClNO4S3/c1-3-10-26(21,22)15-7-5-14(6-8-15)20-27(23,24)18-12(2)16-11-13(19)4-9-17(16)25-18/h4-9,11-12,18,20H,3,10H2,1-2H3. The molecule has 0 aliphatic carbocycles. The van der Waals surface area contributed by atoms with Crippen molar-refractivity contribution in [2.45, 2.75) is 40.6 Å². The topological polar surface area (TPSA) is 80.3 Å². The summed E-state index contributed by atoms with van der Waals surface area (Å²) in [5, 5.41) is 0.580. The molecule has 0 fully saturated rings. The van der Waals surface area contributed by atoms with Gasteiger partial charge in [-0.1, -0.05) is 25.4 Å². The quantitative estimate of drug-likeness (QED) is 0.707. The highest BCUT2D eigenvalue weighted by Gasteiger charge is 2.39. The second-order valence-corrected chi connectivity index (χ2v) is 12.3. The summed E-state index contributed by atoms with van der Waals surface area (Å²) in [4.78, 5) is 1.10. The van der Waals surface area contributed by atoms with Crippen molar-refractivity contribution in [2.75, 3.05) is 10.5 Å². The zero-order valence-electron chi connectivity index (χ0n) is 14.8. The Hall–Kier alpha value is -1.22. The van der Waals surface area contributed by atoms with Gasteiger partial charge < -0.3 is 0 Å². The lowest BCUT2D eigenvalue weighted by Crippen LogP contribution is -2.27. The fourth-order valence-corrected chi connectivity index (χ4v) is 7.89. The second kappa shape index (κ2) is 7.66. The van der Waals surface area contributed by atoms with E-state index >= 15 is 0 Å². The fraction of sp³-hybridized carbons (Fsp3) is 0.333. The van der Waals surface area contributed by atoms with Crippen LogP contribution < -0.4 is 4.72 Å². The maximum Gasteiger partial charge on any atom is 0.245 e. The van der Waals surface area contributed by atoms with Crippen LogP contribution in [0.3, 0.4) is 0 Å². The Balaban J connectivity index is 1.80. The Morgan fingerprint density at radius 1 is 1.07 bits per heavy atom. The molecule has 0 saturated heterocycles. The van der Waals surface area contributed by atoms with E-state index in [1.54, 1.807) is 19.1 Å². The highest BCUT2D eigenvalue weighted by molar-refractivity contribution is 8.14. The molecule has 146 valence electrons. The lowest BCUT2D eigenvalue weighted by atomic mass is 10.0. The summed E-state index contributed by atoms with van der Waals surface area (Å²) < 4.78 is 51.8. The molecule has 2 atom stereocenters. The normalized spacial score (nSPS) is 19.7. The van der Waals surface area contributed by atoms with Gasteiger partial charge in [0.2, 0.25) is 10.0 Å².